The molecule has 0 aliphatic carbocycles. The summed E-state index contributed by atoms with van der Waals surface area (Å²) in [6, 6.07) is 5.55. The van der Waals surface area contributed by atoms with Crippen LogP contribution < -0.4 is 5.32 Å². The Morgan fingerprint density at radius 3 is 2.58 bits per heavy atom. The van der Waals surface area contributed by atoms with Gasteiger partial charge in [-0.15, -0.1) is 0 Å². The molecule has 2 rings (SSSR count). The van der Waals surface area contributed by atoms with Crippen LogP contribution in [-0.2, 0) is 16.1 Å². The van der Waals surface area contributed by atoms with Crippen molar-refractivity contribution in [2.45, 2.75) is 32.4 Å². The number of likely N-dealkylation sites (tertiary alicyclic amines) is 1. The minimum absolute atomic E-state index is 0.0258. The second-order valence-corrected chi connectivity index (χ2v) is 7.26. The quantitative estimate of drug-likeness (QED) is 0.794. The maximum absolute atomic E-state index is 12.2. The van der Waals surface area contributed by atoms with Crippen molar-refractivity contribution in [3.63, 3.8) is 0 Å². The molecule has 6 nitrogen and oxygen atoms in total. The number of piperidine rings is 1. The van der Waals surface area contributed by atoms with Gasteiger partial charge in [0.05, 0.1) is 23.2 Å². The van der Waals surface area contributed by atoms with Crippen molar-refractivity contribution in [3.05, 3.63) is 33.8 Å². The number of rotatable bonds is 6. The first-order valence-corrected chi connectivity index (χ1v) is 9.48. The summed E-state index contributed by atoms with van der Waals surface area (Å²) in [4.78, 5) is 27.5. The van der Waals surface area contributed by atoms with Crippen LogP contribution in [0.2, 0.25) is 10.0 Å². The van der Waals surface area contributed by atoms with Gasteiger partial charge < -0.3 is 15.0 Å². The molecule has 1 saturated heterocycles. The molecule has 0 spiro atoms. The van der Waals surface area contributed by atoms with E-state index in [1.165, 1.54) is 0 Å². The highest BCUT2D eigenvalue weighted by molar-refractivity contribution is 6.42. The molecule has 1 heterocycles. The fourth-order valence-corrected chi connectivity index (χ4v) is 3.27. The van der Waals surface area contributed by atoms with Crippen molar-refractivity contribution in [1.29, 1.82) is 0 Å². The van der Waals surface area contributed by atoms with Crippen molar-refractivity contribution >= 4 is 35.2 Å². The third kappa shape index (κ3) is 6.34. The molecule has 1 aromatic carbocycles. The highest BCUT2D eigenvalue weighted by Gasteiger charge is 2.24. The molecule has 1 aliphatic rings. The van der Waals surface area contributed by atoms with Crippen LogP contribution in [-0.4, -0.2) is 61.1 Å². The average molecular weight is 402 g/mol. The SMILES string of the molecule is CCOC(=O)N1CCC(NC(=O)CN(C)Cc2ccc(Cl)c(Cl)c2)CC1. The first kappa shape index (κ1) is 20.8. The second kappa shape index (κ2) is 10.00. The lowest BCUT2D eigenvalue weighted by atomic mass is 10.1. The summed E-state index contributed by atoms with van der Waals surface area (Å²) in [6.45, 7) is 4.26. The number of amides is 2. The maximum atomic E-state index is 12.2. The van der Waals surface area contributed by atoms with E-state index in [4.69, 9.17) is 27.9 Å². The van der Waals surface area contributed by atoms with E-state index in [1.54, 1.807) is 17.9 Å². The molecule has 26 heavy (non-hydrogen) atoms. The zero-order chi connectivity index (χ0) is 19.1. The third-order valence-corrected chi connectivity index (χ3v) is 4.98. The highest BCUT2D eigenvalue weighted by Crippen LogP contribution is 2.23. The van der Waals surface area contributed by atoms with Gasteiger partial charge >= 0.3 is 6.09 Å². The Morgan fingerprint density at radius 2 is 1.96 bits per heavy atom. The zero-order valence-corrected chi connectivity index (χ0v) is 16.6. The first-order chi connectivity index (χ1) is 12.4. The summed E-state index contributed by atoms with van der Waals surface area (Å²) in [7, 11) is 1.88. The lowest BCUT2D eigenvalue weighted by Crippen LogP contribution is -2.48. The Labute approximate surface area is 164 Å². The number of nitrogens with one attached hydrogen (secondary N) is 1. The summed E-state index contributed by atoms with van der Waals surface area (Å²) >= 11 is 11.9. The normalized spacial score (nSPS) is 15.2. The Bertz CT molecular complexity index is 634. The fourth-order valence-electron chi connectivity index (χ4n) is 2.95. The molecule has 0 aromatic heterocycles. The van der Waals surface area contributed by atoms with Crippen LogP contribution in [0, 0.1) is 0 Å². The van der Waals surface area contributed by atoms with Gasteiger partial charge in [-0.1, -0.05) is 29.3 Å². The van der Waals surface area contributed by atoms with E-state index in [1.807, 2.05) is 24.1 Å². The molecular formula is C18H25Cl2N3O3. The molecule has 0 radical (unpaired) electrons. The van der Waals surface area contributed by atoms with E-state index >= 15 is 0 Å². The lowest BCUT2D eigenvalue weighted by Gasteiger charge is -2.32. The van der Waals surface area contributed by atoms with Gasteiger partial charge in [-0.2, -0.15) is 0 Å². The van der Waals surface area contributed by atoms with E-state index < -0.39 is 0 Å². The molecule has 144 valence electrons. The summed E-state index contributed by atoms with van der Waals surface area (Å²) in [5, 5.41) is 4.07. The molecule has 1 aromatic rings. The van der Waals surface area contributed by atoms with Gasteiger partial charge in [-0.05, 0) is 44.5 Å². The van der Waals surface area contributed by atoms with Crippen LogP contribution in [0.3, 0.4) is 0 Å². The van der Waals surface area contributed by atoms with Crippen molar-refractivity contribution in [1.82, 2.24) is 15.1 Å². The highest BCUT2D eigenvalue weighted by atomic mass is 35.5. The predicted molar refractivity (Wildman–Crippen MR) is 103 cm³/mol. The zero-order valence-electron chi connectivity index (χ0n) is 15.1. The minimum Gasteiger partial charge on any atom is -0.450 e. The molecule has 1 fully saturated rings. The molecule has 0 bridgehead atoms. The van der Waals surface area contributed by atoms with E-state index in [0.717, 1.165) is 18.4 Å². The largest absolute Gasteiger partial charge is 0.450 e. The molecule has 1 N–H and O–H groups in total. The van der Waals surface area contributed by atoms with Crippen LogP contribution in [0.15, 0.2) is 18.2 Å². The Morgan fingerprint density at radius 1 is 1.27 bits per heavy atom. The van der Waals surface area contributed by atoms with Crippen LogP contribution in [0.25, 0.3) is 0 Å². The van der Waals surface area contributed by atoms with Gasteiger partial charge in [-0.25, -0.2) is 4.79 Å². The average Bonchev–Trinajstić information content (AvgIpc) is 2.59. The summed E-state index contributed by atoms with van der Waals surface area (Å²) in [6.07, 6.45) is 1.20. The smallest absolute Gasteiger partial charge is 0.409 e. The molecule has 1 aliphatic heterocycles. The van der Waals surface area contributed by atoms with E-state index in [9.17, 15) is 9.59 Å². The van der Waals surface area contributed by atoms with Gasteiger partial charge in [0.25, 0.3) is 0 Å². The number of nitrogens with zero attached hydrogens (tertiary/aromatic N) is 2. The fraction of sp³-hybridized carbons (Fsp3) is 0.556. The summed E-state index contributed by atoms with van der Waals surface area (Å²) < 4.78 is 5.00. The number of halogens is 2. The maximum Gasteiger partial charge on any atom is 0.409 e. The number of likely N-dealkylation sites (N-methyl/N-ethyl adjacent to an activating group) is 1. The van der Waals surface area contributed by atoms with Crippen molar-refractivity contribution < 1.29 is 14.3 Å². The van der Waals surface area contributed by atoms with Gasteiger partial charge in [0.1, 0.15) is 0 Å². The van der Waals surface area contributed by atoms with Crippen LogP contribution in [0.4, 0.5) is 4.79 Å². The van der Waals surface area contributed by atoms with Gasteiger partial charge in [0, 0.05) is 25.7 Å². The number of ether oxygens (including phenoxy) is 1. The minimum atomic E-state index is -0.279. The van der Waals surface area contributed by atoms with Crippen molar-refractivity contribution in [3.8, 4) is 0 Å². The summed E-state index contributed by atoms with van der Waals surface area (Å²) in [5.41, 5.74) is 0.998. The van der Waals surface area contributed by atoms with Crippen LogP contribution >= 0.6 is 23.2 Å². The number of carbonyl (C=O) groups is 2. The van der Waals surface area contributed by atoms with Gasteiger partial charge in [0.15, 0.2) is 0 Å². The number of benzene rings is 1. The monoisotopic (exact) mass is 401 g/mol. The Kier molecular flexibility index (Phi) is 8.00. The molecule has 0 unspecified atom stereocenters. The van der Waals surface area contributed by atoms with E-state index in [-0.39, 0.29) is 18.0 Å². The molecular weight excluding hydrogens is 377 g/mol. The first-order valence-electron chi connectivity index (χ1n) is 8.72. The van der Waals surface area contributed by atoms with Crippen molar-refractivity contribution in [2.75, 3.05) is 33.3 Å². The predicted octanol–water partition coefficient (Wildman–Crippen LogP) is 3.16. The third-order valence-electron chi connectivity index (χ3n) is 4.24. The van der Waals surface area contributed by atoms with Gasteiger partial charge in [0.2, 0.25) is 5.91 Å². The lowest BCUT2D eigenvalue weighted by molar-refractivity contribution is -0.123. The number of hydrogen-bond acceptors (Lipinski definition) is 4. The number of carbonyl (C=O) groups excluding carboxylic acids is 2. The van der Waals surface area contributed by atoms with E-state index in [2.05, 4.69) is 5.32 Å². The van der Waals surface area contributed by atoms with Gasteiger partial charge in [-0.3, -0.25) is 9.69 Å². The molecule has 2 amide bonds. The number of hydrogen-bond donors (Lipinski definition) is 1. The second-order valence-electron chi connectivity index (χ2n) is 6.45. The van der Waals surface area contributed by atoms with E-state index in [0.29, 0.717) is 42.8 Å². The Balaban J connectivity index is 1.73. The standard InChI is InChI=1S/C18H25Cl2N3O3/c1-3-26-18(25)23-8-6-14(7-9-23)21-17(24)12-22(2)11-13-4-5-15(19)16(20)10-13/h4-5,10,14H,3,6-9,11-12H2,1-2H3,(H,21,24). The van der Waals surface area contributed by atoms with Crippen molar-refractivity contribution in [2.24, 2.45) is 0 Å². The molecule has 0 saturated carbocycles. The van der Waals surface area contributed by atoms with Crippen LogP contribution in [0.1, 0.15) is 25.3 Å². The Hall–Kier alpha value is -1.50. The molecule has 0 atom stereocenters. The van der Waals surface area contributed by atoms with Crippen LogP contribution in [0.5, 0.6) is 0 Å². The summed E-state index contributed by atoms with van der Waals surface area (Å²) in [5.74, 6) is -0.0258. The topological polar surface area (TPSA) is 61.9 Å². The molecule has 8 heteroatoms.